The molecular weight excluding hydrogens is 222 g/mol. The average Bonchev–Trinajstić information content (AvgIpc) is 2.84. The summed E-state index contributed by atoms with van der Waals surface area (Å²) in [6.45, 7) is 5.99. The van der Waals surface area contributed by atoms with Crippen molar-refractivity contribution in [3.63, 3.8) is 0 Å². The Morgan fingerprint density at radius 2 is 2.38 bits per heavy atom. The van der Waals surface area contributed by atoms with Gasteiger partial charge in [0.05, 0.1) is 11.0 Å². The van der Waals surface area contributed by atoms with E-state index in [1.54, 1.807) is 11.3 Å². The lowest BCUT2D eigenvalue weighted by atomic mass is 10.2. The fraction of sp³-hybridized carbons (Fsp3) is 0.500. The van der Waals surface area contributed by atoms with Gasteiger partial charge in [-0.1, -0.05) is 0 Å². The van der Waals surface area contributed by atoms with Crippen LogP contribution in [-0.2, 0) is 6.54 Å². The van der Waals surface area contributed by atoms with Crippen molar-refractivity contribution in [3.05, 3.63) is 16.2 Å². The quantitative estimate of drug-likeness (QED) is 0.811. The van der Waals surface area contributed by atoms with Gasteiger partial charge in [-0.15, -0.1) is 21.5 Å². The lowest BCUT2D eigenvalue weighted by Crippen LogP contribution is -2.32. The fourth-order valence-electron chi connectivity index (χ4n) is 2.00. The summed E-state index contributed by atoms with van der Waals surface area (Å²) in [5.74, 6) is 1.90. The molecule has 1 unspecified atom stereocenters. The molecule has 0 amide bonds. The lowest BCUT2D eigenvalue weighted by molar-refractivity contribution is 0.439. The van der Waals surface area contributed by atoms with E-state index in [1.807, 2.05) is 12.3 Å². The Hall–Kier alpha value is -1.27. The standard InChI is InChI=1S/C10H13N5S/c1-6-9-13-14-10(15(9)4-3-11-6)8-5-16-7(2)12-8/h5-6,11H,3-4H2,1-2H3. The predicted octanol–water partition coefficient (Wildman–Crippen LogP) is 1.37. The van der Waals surface area contributed by atoms with Crippen molar-refractivity contribution in [1.29, 1.82) is 0 Å². The van der Waals surface area contributed by atoms with Crippen LogP contribution in [0.1, 0.15) is 23.8 Å². The Morgan fingerprint density at radius 1 is 1.50 bits per heavy atom. The minimum atomic E-state index is 0.273. The van der Waals surface area contributed by atoms with Crippen LogP contribution in [0.3, 0.4) is 0 Å². The number of aryl methyl sites for hydroxylation is 1. The molecule has 0 fully saturated rings. The van der Waals surface area contributed by atoms with Crippen molar-refractivity contribution >= 4 is 11.3 Å². The van der Waals surface area contributed by atoms with Crippen molar-refractivity contribution in [2.45, 2.75) is 26.4 Å². The summed E-state index contributed by atoms with van der Waals surface area (Å²) < 4.78 is 2.16. The number of thiazole rings is 1. The molecule has 1 N–H and O–H groups in total. The molecule has 3 rings (SSSR count). The monoisotopic (exact) mass is 235 g/mol. The minimum absolute atomic E-state index is 0.273. The number of rotatable bonds is 1. The molecule has 2 aromatic heterocycles. The highest BCUT2D eigenvalue weighted by molar-refractivity contribution is 7.09. The van der Waals surface area contributed by atoms with E-state index in [0.29, 0.717) is 0 Å². The van der Waals surface area contributed by atoms with Crippen LogP contribution < -0.4 is 5.32 Å². The maximum Gasteiger partial charge on any atom is 0.183 e. The van der Waals surface area contributed by atoms with Gasteiger partial charge in [0.1, 0.15) is 11.5 Å². The van der Waals surface area contributed by atoms with Crippen molar-refractivity contribution in [2.24, 2.45) is 0 Å². The summed E-state index contributed by atoms with van der Waals surface area (Å²) in [4.78, 5) is 4.46. The second-order valence-electron chi connectivity index (χ2n) is 3.96. The molecule has 1 atom stereocenters. The number of hydrogen-bond acceptors (Lipinski definition) is 5. The Bertz CT molecular complexity index is 515. The Morgan fingerprint density at radius 3 is 3.12 bits per heavy atom. The van der Waals surface area contributed by atoms with Gasteiger partial charge in [0.2, 0.25) is 0 Å². The second kappa shape index (κ2) is 3.64. The average molecular weight is 235 g/mol. The Kier molecular flexibility index (Phi) is 2.26. The fourth-order valence-corrected chi connectivity index (χ4v) is 2.59. The highest BCUT2D eigenvalue weighted by Crippen LogP contribution is 2.24. The third-order valence-electron chi connectivity index (χ3n) is 2.80. The summed E-state index contributed by atoms with van der Waals surface area (Å²) in [6.07, 6.45) is 0. The van der Waals surface area contributed by atoms with Crippen LogP contribution in [0.15, 0.2) is 5.38 Å². The van der Waals surface area contributed by atoms with E-state index in [0.717, 1.165) is 35.4 Å². The van der Waals surface area contributed by atoms with Crippen LogP contribution in [0.2, 0.25) is 0 Å². The number of fused-ring (bicyclic) bond motifs is 1. The van der Waals surface area contributed by atoms with Gasteiger partial charge in [-0.25, -0.2) is 4.98 Å². The molecule has 84 valence electrons. The predicted molar refractivity (Wildman–Crippen MR) is 62.3 cm³/mol. The first-order valence-electron chi connectivity index (χ1n) is 5.34. The molecule has 0 saturated heterocycles. The van der Waals surface area contributed by atoms with Gasteiger partial charge < -0.3 is 9.88 Å². The molecule has 3 heterocycles. The topological polar surface area (TPSA) is 55.6 Å². The third kappa shape index (κ3) is 1.45. The van der Waals surface area contributed by atoms with E-state index in [4.69, 9.17) is 0 Å². The van der Waals surface area contributed by atoms with Crippen LogP contribution in [0.5, 0.6) is 0 Å². The number of nitrogens with one attached hydrogen (secondary N) is 1. The third-order valence-corrected chi connectivity index (χ3v) is 3.57. The smallest absolute Gasteiger partial charge is 0.183 e. The van der Waals surface area contributed by atoms with Crippen molar-refractivity contribution < 1.29 is 0 Å². The number of aromatic nitrogens is 4. The van der Waals surface area contributed by atoms with Gasteiger partial charge >= 0.3 is 0 Å². The minimum Gasteiger partial charge on any atom is -0.307 e. The molecule has 5 nitrogen and oxygen atoms in total. The molecule has 6 heteroatoms. The molecule has 16 heavy (non-hydrogen) atoms. The van der Waals surface area contributed by atoms with E-state index in [1.165, 1.54) is 0 Å². The first-order valence-corrected chi connectivity index (χ1v) is 6.22. The summed E-state index contributed by atoms with van der Waals surface area (Å²) >= 11 is 1.65. The maximum absolute atomic E-state index is 4.46. The molecule has 1 aliphatic rings. The molecule has 0 radical (unpaired) electrons. The van der Waals surface area contributed by atoms with E-state index < -0.39 is 0 Å². The summed E-state index contributed by atoms with van der Waals surface area (Å²) in [5.41, 5.74) is 0.940. The number of nitrogens with zero attached hydrogens (tertiary/aromatic N) is 4. The van der Waals surface area contributed by atoms with E-state index >= 15 is 0 Å². The van der Waals surface area contributed by atoms with Crippen LogP contribution in [-0.4, -0.2) is 26.3 Å². The highest BCUT2D eigenvalue weighted by atomic mass is 32.1. The maximum atomic E-state index is 4.46. The van der Waals surface area contributed by atoms with Gasteiger partial charge in [0.25, 0.3) is 0 Å². The van der Waals surface area contributed by atoms with Gasteiger partial charge in [0, 0.05) is 18.5 Å². The largest absolute Gasteiger partial charge is 0.307 e. The van der Waals surface area contributed by atoms with Gasteiger partial charge in [-0.2, -0.15) is 0 Å². The summed E-state index contributed by atoms with van der Waals surface area (Å²) in [5, 5.41) is 15.0. The highest BCUT2D eigenvalue weighted by Gasteiger charge is 2.22. The van der Waals surface area contributed by atoms with Crippen LogP contribution >= 0.6 is 11.3 Å². The molecule has 0 aliphatic carbocycles. The number of hydrogen-bond donors (Lipinski definition) is 1. The van der Waals surface area contributed by atoms with E-state index in [2.05, 4.69) is 32.0 Å². The summed E-state index contributed by atoms with van der Waals surface area (Å²) in [6, 6.07) is 0.273. The molecular formula is C10H13N5S. The van der Waals surface area contributed by atoms with Crippen LogP contribution in [0.4, 0.5) is 0 Å². The molecule has 0 saturated carbocycles. The van der Waals surface area contributed by atoms with E-state index in [-0.39, 0.29) is 6.04 Å². The molecule has 2 aromatic rings. The summed E-state index contributed by atoms with van der Waals surface area (Å²) in [7, 11) is 0. The van der Waals surface area contributed by atoms with Crippen molar-refractivity contribution in [2.75, 3.05) is 6.54 Å². The first kappa shape index (κ1) is 9.92. The molecule has 0 bridgehead atoms. The molecule has 1 aliphatic heterocycles. The Labute approximate surface area is 97.5 Å². The zero-order valence-corrected chi connectivity index (χ0v) is 10.1. The van der Waals surface area contributed by atoms with Crippen LogP contribution in [0, 0.1) is 6.92 Å². The SMILES string of the molecule is Cc1nc(-c2nnc3n2CCNC3C)cs1. The zero-order valence-electron chi connectivity index (χ0n) is 9.27. The lowest BCUT2D eigenvalue weighted by Gasteiger charge is -2.21. The first-order chi connectivity index (χ1) is 7.75. The zero-order chi connectivity index (χ0) is 11.1. The van der Waals surface area contributed by atoms with Gasteiger partial charge in [0.15, 0.2) is 5.82 Å². The van der Waals surface area contributed by atoms with Gasteiger partial charge in [-0.3, -0.25) is 0 Å². The van der Waals surface area contributed by atoms with Crippen LogP contribution in [0.25, 0.3) is 11.5 Å². The van der Waals surface area contributed by atoms with Crippen molar-refractivity contribution in [3.8, 4) is 11.5 Å². The normalized spacial score (nSPS) is 19.8. The Balaban J connectivity index is 2.09. The van der Waals surface area contributed by atoms with E-state index in [9.17, 15) is 0 Å². The second-order valence-corrected chi connectivity index (χ2v) is 5.02. The molecule has 0 spiro atoms. The van der Waals surface area contributed by atoms with Gasteiger partial charge in [-0.05, 0) is 13.8 Å². The molecule has 0 aromatic carbocycles. The van der Waals surface area contributed by atoms with Crippen molar-refractivity contribution in [1.82, 2.24) is 25.1 Å².